The Hall–Kier alpha value is -2.43. The molecule has 0 spiro atoms. The lowest BCUT2D eigenvalue weighted by Gasteiger charge is -2.27. The Labute approximate surface area is 168 Å². The molecule has 150 valence electrons. The first kappa shape index (κ1) is 20.3. The quantitative estimate of drug-likeness (QED) is 0.784. The van der Waals surface area contributed by atoms with E-state index in [1.54, 1.807) is 6.20 Å². The van der Waals surface area contributed by atoms with Crippen molar-refractivity contribution < 1.29 is 4.79 Å². The Morgan fingerprint density at radius 3 is 2.39 bits per heavy atom. The van der Waals surface area contributed by atoms with Gasteiger partial charge in [-0.15, -0.1) is 0 Å². The standard InChI is InChI=1S/C23H32N4O/c1-15(2)19-11-12-21(28)27(19)20-13-14-24-22(26-20)25-16(3)17-7-9-18(10-8-17)23(4,5)6/h7-10,13-16,19H,11-12H2,1-6H3,(H,24,25,26)/t16-,19+/m0/s1. The summed E-state index contributed by atoms with van der Waals surface area (Å²) >= 11 is 0. The molecule has 0 aliphatic carbocycles. The lowest BCUT2D eigenvalue weighted by atomic mass is 9.86. The van der Waals surface area contributed by atoms with E-state index in [0.717, 1.165) is 6.42 Å². The Bertz CT molecular complexity index is 823. The second kappa shape index (κ2) is 7.90. The van der Waals surface area contributed by atoms with Crippen LogP contribution in [0, 0.1) is 5.92 Å². The number of amides is 1. The van der Waals surface area contributed by atoms with Crippen molar-refractivity contribution in [2.75, 3.05) is 10.2 Å². The van der Waals surface area contributed by atoms with Crippen molar-refractivity contribution in [2.45, 2.75) is 71.9 Å². The molecular formula is C23H32N4O. The summed E-state index contributed by atoms with van der Waals surface area (Å²) in [6, 6.07) is 10.8. The summed E-state index contributed by atoms with van der Waals surface area (Å²) in [5, 5.41) is 3.38. The number of nitrogens with zero attached hydrogens (tertiary/aromatic N) is 3. The monoisotopic (exact) mass is 380 g/mol. The molecule has 0 bridgehead atoms. The molecule has 3 rings (SSSR count). The van der Waals surface area contributed by atoms with Gasteiger partial charge < -0.3 is 5.32 Å². The largest absolute Gasteiger partial charge is 0.348 e. The number of benzene rings is 1. The van der Waals surface area contributed by atoms with Crippen LogP contribution in [0.1, 0.15) is 71.6 Å². The predicted octanol–water partition coefficient (Wildman–Crippen LogP) is 5.10. The molecule has 2 atom stereocenters. The Kier molecular flexibility index (Phi) is 5.73. The van der Waals surface area contributed by atoms with E-state index in [-0.39, 0.29) is 23.4 Å². The highest BCUT2D eigenvalue weighted by Gasteiger charge is 2.35. The van der Waals surface area contributed by atoms with Crippen LogP contribution in [-0.4, -0.2) is 21.9 Å². The van der Waals surface area contributed by atoms with Crippen LogP contribution in [0.3, 0.4) is 0 Å². The molecule has 1 aromatic heterocycles. The van der Waals surface area contributed by atoms with E-state index in [1.807, 2.05) is 11.0 Å². The molecular weight excluding hydrogens is 348 g/mol. The average Bonchev–Trinajstić information content (AvgIpc) is 3.03. The SMILES string of the molecule is CC(C)[C@H]1CCC(=O)N1c1ccnc(N[C@@H](C)c2ccc(C(C)(C)C)cc2)n1. The van der Waals surface area contributed by atoms with Crippen LogP contribution >= 0.6 is 0 Å². The lowest BCUT2D eigenvalue weighted by Crippen LogP contribution is -2.37. The summed E-state index contributed by atoms with van der Waals surface area (Å²) in [6.45, 7) is 13.0. The van der Waals surface area contributed by atoms with Gasteiger partial charge in [0.05, 0.1) is 6.04 Å². The molecule has 5 nitrogen and oxygen atoms in total. The second-order valence-electron chi connectivity index (χ2n) is 9.09. The number of aromatic nitrogens is 2. The fourth-order valence-electron chi connectivity index (χ4n) is 3.74. The highest BCUT2D eigenvalue weighted by molar-refractivity contribution is 5.95. The van der Waals surface area contributed by atoms with E-state index in [2.05, 4.69) is 81.1 Å². The molecule has 1 aromatic carbocycles. The van der Waals surface area contributed by atoms with Crippen molar-refractivity contribution in [2.24, 2.45) is 5.92 Å². The molecule has 1 saturated heterocycles. The van der Waals surface area contributed by atoms with Crippen molar-refractivity contribution in [3.05, 3.63) is 47.7 Å². The minimum absolute atomic E-state index is 0.0689. The number of anilines is 2. The summed E-state index contributed by atoms with van der Waals surface area (Å²) < 4.78 is 0. The summed E-state index contributed by atoms with van der Waals surface area (Å²) in [7, 11) is 0. The van der Waals surface area contributed by atoms with Gasteiger partial charge in [-0.3, -0.25) is 9.69 Å². The first-order chi connectivity index (χ1) is 13.2. The number of rotatable bonds is 5. The molecule has 2 aromatic rings. The smallest absolute Gasteiger partial charge is 0.228 e. The summed E-state index contributed by atoms with van der Waals surface area (Å²) in [5.41, 5.74) is 2.63. The van der Waals surface area contributed by atoms with Crippen molar-refractivity contribution >= 4 is 17.7 Å². The molecule has 0 unspecified atom stereocenters. The van der Waals surface area contributed by atoms with Gasteiger partial charge in [0.1, 0.15) is 5.82 Å². The highest BCUT2D eigenvalue weighted by atomic mass is 16.2. The van der Waals surface area contributed by atoms with Crippen molar-refractivity contribution in [1.29, 1.82) is 0 Å². The number of nitrogens with one attached hydrogen (secondary N) is 1. The molecule has 28 heavy (non-hydrogen) atoms. The predicted molar refractivity (Wildman–Crippen MR) is 115 cm³/mol. The van der Waals surface area contributed by atoms with Gasteiger partial charge in [0.15, 0.2) is 0 Å². The molecule has 0 radical (unpaired) electrons. The second-order valence-corrected chi connectivity index (χ2v) is 9.09. The van der Waals surface area contributed by atoms with Crippen molar-refractivity contribution in [3.8, 4) is 0 Å². The molecule has 1 aliphatic heterocycles. The van der Waals surface area contributed by atoms with Crippen LogP contribution in [-0.2, 0) is 10.2 Å². The Balaban J connectivity index is 1.76. The fraction of sp³-hybridized carbons (Fsp3) is 0.522. The van der Waals surface area contributed by atoms with Crippen molar-refractivity contribution in [3.63, 3.8) is 0 Å². The third kappa shape index (κ3) is 4.34. The molecule has 1 aliphatic rings. The fourth-order valence-corrected chi connectivity index (χ4v) is 3.74. The van der Waals surface area contributed by atoms with Gasteiger partial charge in [-0.1, -0.05) is 58.9 Å². The van der Waals surface area contributed by atoms with Gasteiger partial charge in [-0.2, -0.15) is 4.98 Å². The first-order valence-corrected chi connectivity index (χ1v) is 10.2. The van der Waals surface area contributed by atoms with E-state index in [4.69, 9.17) is 0 Å². The molecule has 1 fully saturated rings. The minimum atomic E-state index is 0.0689. The minimum Gasteiger partial charge on any atom is -0.348 e. The Morgan fingerprint density at radius 1 is 1.11 bits per heavy atom. The Morgan fingerprint density at radius 2 is 1.79 bits per heavy atom. The van der Waals surface area contributed by atoms with E-state index < -0.39 is 0 Å². The van der Waals surface area contributed by atoms with Crippen LogP contribution < -0.4 is 10.2 Å². The van der Waals surface area contributed by atoms with Crippen LogP contribution in [0.5, 0.6) is 0 Å². The first-order valence-electron chi connectivity index (χ1n) is 10.2. The van der Waals surface area contributed by atoms with Crippen LogP contribution in [0.25, 0.3) is 0 Å². The van der Waals surface area contributed by atoms with Crippen LogP contribution in [0.2, 0.25) is 0 Å². The number of hydrogen-bond donors (Lipinski definition) is 1. The van der Waals surface area contributed by atoms with Crippen LogP contribution in [0.15, 0.2) is 36.5 Å². The number of carbonyl (C=O) groups is 1. The van der Waals surface area contributed by atoms with Gasteiger partial charge in [0.2, 0.25) is 11.9 Å². The third-order valence-electron chi connectivity index (χ3n) is 5.53. The summed E-state index contributed by atoms with van der Waals surface area (Å²) in [5.74, 6) is 1.79. The number of hydrogen-bond acceptors (Lipinski definition) is 4. The number of carbonyl (C=O) groups excluding carboxylic acids is 1. The normalized spacial score (nSPS) is 18.6. The van der Waals surface area contributed by atoms with Crippen molar-refractivity contribution in [1.82, 2.24) is 9.97 Å². The molecule has 0 saturated carbocycles. The van der Waals surface area contributed by atoms with Gasteiger partial charge in [0.25, 0.3) is 0 Å². The molecule has 1 N–H and O–H groups in total. The lowest BCUT2D eigenvalue weighted by molar-refractivity contribution is -0.117. The van der Waals surface area contributed by atoms with Gasteiger partial charge in [0, 0.05) is 18.7 Å². The van der Waals surface area contributed by atoms with E-state index in [0.29, 0.717) is 24.1 Å². The van der Waals surface area contributed by atoms with Gasteiger partial charge in [-0.05, 0) is 41.9 Å². The highest BCUT2D eigenvalue weighted by Crippen LogP contribution is 2.30. The third-order valence-corrected chi connectivity index (χ3v) is 5.53. The molecule has 1 amide bonds. The average molecular weight is 381 g/mol. The maximum absolute atomic E-state index is 12.4. The van der Waals surface area contributed by atoms with E-state index >= 15 is 0 Å². The summed E-state index contributed by atoms with van der Waals surface area (Å²) in [4.78, 5) is 23.3. The van der Waals surface area contributed by atoms with E-state index in [9.17, 15) is 4.79 Å². The maximum Gasteiger partial charge on any atom is 0.228 e. The molecule has 2 heterocycles. The van der Waals surface area contributed by atoms with E-state index in [1.165, 1.54) is 11.1 Å². The van der Waals surface area contributed by atoms with Gasteiger partial charge >= 0.3 is 0 Å². The maximum atomic E-state index is 12.4. The zero-order chi connectivity index (χ0) is 20.5. The zero-order valence-electron chi connectivity index (χ0n) is 17.9. The topological polar surface area (TPSA) is 58.1 Å². The van der Waals surface area contributed by atoms with Crippen LogP contribution in [0.4, 0.5) is 11.8 Å². The summed E-state index contributed by atoms with van der Waals surface area (Å²) in [6.07, 6.45) is 3.20. The van der Waals surface area contributed by atoms with Gasteiger partial charge in [-0.25, -0.2) is 4.98 Å². The molecule has 5 heteroatoms. The zero-order valence-corrected chi connectivity index (χ0v) is 17.9.